The van der Waals surface area contributed by atoms with Crippen LogP contribution in [0, 0.1) is 34.5 Å². The first kappa shape index (κ1) is 19.2. The first-order chi connectivity index (χ1) is 14.6. The van der Waals surface area contributed by atoms with Crippen LogP contribution in [0.25, 0.3) is 11.1 Å². The van der Waals surface area contributed by atoms with Crippen LogP contribution in [0.1, 0.15) is 44.1 Å². The third-order valence-electron chi connectivity index (χ3n) is 7.40. The second-order valence-corrected chi connectivity index (χ2v) is 9.70. The van der Waals surface area contributed by atoms with Crippen LogP contribution in [-0.2, 0) is 4.79 Å². The van der Waals surface area contributed by atoms with Crippen LogP contribution in [0.3, 0.4) is 0 Å². The number of hydrogen-bond donors (Lipinski definition) is 1. The maximum Gasteiger partial charge on any atom is 0.257 e. The fourth-order valence-electron chi connectivity index (χ4n) is 6.47. The van der Waals surface area contributed by atoms with Crippen LogP contribution in [0.2, 0.25) is 0 Å². The minimum atomic E-state index is -0.0260. The van der Waals surface area contributed by atoms with Gasteiger partial charge in [0.2, 0.25) is 0 Å². The highest BCUT2D eigenvalue weighted by Gasteiger charge is 2.50. The molecule has 2 aromatic rings. The number of carbonyl (C=O) groups excluding carboxylic acids is 1. The molecule has 0 spiro atoms. The van der Waals surface area contributed by atoms with Crippen molar-refractivity contribution in [1.82, 2.24) is 5.32 Å². The molecule has 30 heavy (non-hydrogen) atoms. The van der Waals surface area contributed by atoms with Gasteiger partial charge >= 0.3 is 0 Å². The second kappa shape index (κ2) is 7.80. The number of benzene rings is 2. The van der Waals surface area contributed by atoms with E-state index in [1.54, 1.807) is 0 Å². The predicted octanol–water partition coefficient (Wildman–Crippen LogP) is 4.94. The summed E-state index contributed by atoms with van der Waals surface area (Å²) in [6, 6.07) is 17.4. The Morgan fingerprint density at radius 3 is 2.00 bits per heavy atom. The number of nitrogens with zero attached hydrogens (tertiary/aromatic N) is 1. The van der Waals surface area contributed by atoms with Crippen molar-refractivity contribution in [3.8, 4) is 22.9 Å². The van der Waals surface area contributed by atoms with Gasteiger partial charge in [0.05, 0.1) is 11.6 Å². The van der Waals surface area contributed by atoms with E-state index in [9.17, 15) is 4.79 Å². The van der Waals surface area contributed by atoms with Crippen molar-refractivity contribution >= 4 is 5.91 Å². The number of carbonyl (C=O) groups is 1. The van der Waals surface area contributed by atoms with Gasteiger partial charge in [0, 0.05) is 6.54 Å². The van der Waals surface area contributed by atoms with Gasteiger partial charge in [0.1, 0.15) is 5.75 Å². The lowest BCUT2D eigenvalue weighted by molar-refractivity contribution is -0.125. The zero-order valence-electron chi connectivity index (χ0n) is 17.3. The minimum Gasteiger partial charge on any atom is -0.484 e. The molecule has 1 amide bonds. The molecule has 4 heteroatoms. The van der Waals surface area contributed by atoms with Crippen molar-refractivity contribution in [2.24, 2.45) is 23.2 Å². The summed E-state index contributed by atoms with van der Waals surface area (Å²) in [5.41, 5.74) is 3.11. The van der Waals surface area contributed by atoms with Crippen LogP contribution in [0.4, 0.5) is 0 Å². The van der Waals surface area contributed by atoms with Gasteiger partial charge in [0.15, 0.2) is 6.61 Å². The van der Waals surface area contributed by atoms with Crippen molar-refractivity contribution in [2.75, 3.05) is 13.2 Å². The monoisotopic (exact) mass is 400 g/mol. The second-order valence-electron chi connectivity index (χ2n) is 9.70. The highest BCUT2D eigenvalue weighted by molar-refractivity contribution is 5.77. The van der Waals surface area contributed by atoms with E-state index in [0.29, 0.717) is 16.7 Å². The SMILES string of the molecule is N#Cc1ccc(-c2ccc(OCC(=O)NCC34CC5CC(CC(C5)C3)C4)cc2)cc1. The summed E-state index contributed by atoms with van der Waals surface area (Å²) >= 11 is 0. The molecule has 0 aromatic heterocycles. The van der Waals surface area contributed by atoms with E-state index in [1.165, 1.54) is 38.5 Å². The molecule has 4 aliphatic rings. The summed E-state index contributed by atoms with van der Waals surface area (Å²) in [7, 11) is 0. The van der Waals surface area contributed by atoms with Crippen LogP contribution in [0.15, 0.2) is 48.5 Å². The predicted molar refractivity (Wildman–Crippen MR) is 116 cm³/mol. The van der Waals surface area contributed by atoms with Crippen molar-refractivity contribution in [3.63, 3.8) is 0 Å². The molecule has 0 saturated heterocycles. The first-order valence-corrected chi connectivity index (χ1v) is 11.1. The number of hydrogen-bond acceptors (Lipinski definition) is 3. The van der Waals surface area contributed by atoms with Crippen LogP contribution in [0.5, 0.6) is 5.75 Å². The first-order valence-electron chi connectivity index (χ1n) is 11.1. The Kier molecular flexibility index (Phi) is 4.98. The lowest BCUT2D eigenvalue weighted by atomic mass is 9.49. The van der Waals surface area contributed by atoms with E-state index in [2.05, 4.69) is 11.4 Å². The topological polar surface area (TPSA) is 62.1 Å². The highest BCUT2D eigenvalue weighted by Crippen LogP contribution is 2.59. The molecule has 0 unspecified atom stereocenters. The van der Waals surface area contributed by atoms with E-state index >= 15 is 0 Å². The van der Waals surface area contributed by atoms with Gasteiger partial charge in [-0.1, -0.05) is 24.3 Å². The summed E-state index contributed by atoms with van der Waals surface area (Å²) in [6.07, 6.45) is 8.18. The molecule has 4 saturated carbocycles. The fraction of sp³-hybridized carbons (Fsp3) is 0.462. The minimum absolute atomic E-state index is 0.0260. The molecule has 0 atom stereocenters. The van der Waals surface area contributed by atoms with Gasteiger partial charge in [-0.3, -0.25) is 4.79 Å². The zero-order valence-corrected chi connectivity index (χ0v) is 17.3. The summed E-state index contributed by atoms with van der Waals surface area (Å²) in [5, 5.41) is 12.1. The summed E-state index contributed by atoms with van der Waals surface area (Å²) in [4.78, 5) is 12.4. The molecule has 154 valence electrons. The normalized spacial score (nSPS) is 28.7. The third-order valence-corrected chi connectivity index (χ3v) is 7.40. The van der Waals surface area contributed by atoms with Gasteiger partial charge in [0.25, 0.3) is 5.91 Å². The van der Waals surface area contributed by atoms with E-state index < -0.39 is 0 Å². The Morgan fingerprint density at radius 2 is 1.47 bits per heavy atom. The largest absolute Gasteiger partial charge is 0.484 e. The molecule has 4 nitrogen and oxygen atoms in total. The number of ether oxygens (including phenoxy) is 1. The lowest BCUT2D eigenvalue weighted by Gasteiger charge is -2.56. The van der Waals surface area contributed by atoms with E-state index in [-0.39, 0.29) is 12.5 Å². The van der Waals surface area contributed by atoms with Crippen molar-refractivity contribution in [1.29, 1.82) is 5.26 Å². The maximum atomic E-state index is 12.4. The number of amides is 1. The van der Waals surface area contributed by atoms with Crippen molar-refractivity contribution < 1.29 is 9.53 Å². The number of nitrogens with one attached hydrogen (secondary N) is 1. The standard InChI is InChI=1S/C26H28N2O2/c27-15-18-1-3-22(4-2-18)23-5-7-24(8-6-23)30-16-25(29)28-17-26-12-19-9-20(13-26)11-21(10-19)14-26/h1-8,19-21H,9-14,16-17H2,(H,28,29). The van der Waals surface area contributed by atoms with Gasteiger partial charge in [-0.2, -0.15) is 5.26 Å². The van der Waals surface area contributed by atoms with E-state index in [0.717, 1.165) is 35.4 Å². The van der Waals surface area contributed by atoms with Gasteiger partial charge < -0.3 is 10.1 Å². The highest BCUT2D eigenvalue weighted by atomic mass is 16.5. The van der Waals surface area contributed by atoms with Crippen LogP contribution < -0.4 is 10.1 Å². The molecule has 6 rings (SSSR count). The Balaban J connectivity index is 1.12. The van der Waals surface area contributed by atoms with Crippen LogP contribution in [-0.4, -0.2) is 19.1 Å². The number of rotatable bonds is 6. The van der Waals surface area contributed by atoms with Gasteiger partial charge in [-0.05, 0) is 97.1 Å². The van der Waals surface area contributed by atoms with Crippen molar-refractivity contribution in [3.05, 3.63) is 54.1 Å². The Morgan fingerprint density at radius 1 is 0.933 bits per heavy atom. The summed E-state index contributed by atoms with van der Waals surface area (Å²) < 4.78 is 5.71. The third kappa shape index (κ3) is 3.94. The lowest BCUT2D eigenvalue weighted by Crippen LogP contribution is -2.51. The Hall–Kier alpha value is -2.80. The zero-order chi connectivity index (χ0) is 20.6. The van der Waals surface area contributed by atoms with E-state index in [4.69, 9.17) is 10.00 Å². The Bertz CT molecular complexity index is 921. The molecular formula is C26H28N2O2. The van der Waals surface area contributed by atoms with Crippen molar-refractivity contribution in [2.45, 2.75) is 38.5 Å². The van der Waals surface area contributed by atoms with E-state index in [1.807, 2.05) is 48.5 Å². The molecule has 2 aromatic carbocycles. The maximum absolute atomic E-state index is 12.4. The summed E-state index contributed by atoms with van der Waals surface area (Å²) in [5.74, 6) is 3.37. The van der Waals surface area contributed by atoms with Gasteiger partial charge in [-0.15, -0.1) is 0 Å². The van der Waals surface area contributed by atoms with Gasteiger partial charge in [-0.25, -0.2) is 0 Å². The number of nitriles is 1. The molecule has 4 bridgehead atoms. The quantitative estimate of drug-likeness (QED) is 0.747. The molecule has 4 fully saturated rings. The molecule has 0 radical (unpaired) electrons. The molecule has 0 aliphatic heterocycles. The summed E-state index contributed by atoms with van der Waals surface area (Å²) in [6.45, 7) is 0.874. The molecular weight excluding hydrogens is 372 g/mol. The molecule has 4 aliphatic carbocycles. The average molecular weight is 401 g/mol. The van der Waals surface area contributed by atoms with Crippen LogP contribution >= 0.6 is 0 Å². The smallest absolute Gasteiger partial charge is 0.257 e. The molecule has 0 heterocycles. The fourth-order valence-corrected chi connectivity index (χ4v) is 6.47. The average Bonchev–Trinajstić information content (AvgIpc) is 2.76. The molecule has 1 N–H and O–H groups in total. The Labute approximate surface area is 178 Å².